The molecule has 2 aromatic heterocycles. The molecule has 0 aliphatic rings. The highest BCUT2D eigenvalue weighted by Crippen LogP contribution is 2.35. The van der Waals surface area contributed by atoms with Crippen molar-refractivity contribution in [2.45, 2.75) is 26.6 Å². The molecule has 2 heterocycles. The first-order chi connectivity index (χ1) is 18.6. The molecule has 0 saturated carbocycles. The van der Waals surface area contributed by atoms with E-state index in [0.717, 1.165) is 10.3 Å². The van der Waals surface area contributed by atoms with Gasteiger partial charge in [0, 0.05) is 29.5 Å². The van der Waals surface area contributed by atoms with Crippen molar-refractivity contribution in [3.05, 3.63) is 86.2 Å². The number of hydrogen-bond donors (Lipinski definition) is 3. The van der Waals surface area contributed by atoms with Crippen LogP contribution >= 0.6 is 51.5 Å². The van der Waals surface area contributed by atoms with Crippen molar-refractivity contribution in [2.24, 2.45) is 0 Å². The van der Waals surface area contributed by atoms with Gasteiger partial charge in [0.1, 0.15) is 11.2 Å². The largest absolute Gasteiger partial charge is 0.485 e. The summed E-state index contributed by atoms with van der Waals surface area (Å²) >= 11 is 16.6. The Balaban J connectivity index is 0.00000441. The molecule has 0 spiro atoms. The zero-order chi connectivity index (χ0) is 28.3. The average Bonchev–Trinajstić information content (AvgIpc) is 3.20. The van der Waals surface area contributed by atoms with Gasteiger partial charge in [0.2, 0.25) is 5.91 Å². The zero-order valence-electron chi connectivity index (χ0n) is 21.7. The van der Waals surface area contributed by atoms with Crippen LogP contribution in [0.25, 0.3) is 5.65 Å². The number of hydrogen-bond acceptors (Lipinski definition) is 5. The molecule has 9 nitrogen and oxygen atoms in total. The lowest BCUT2D eigenvalue weighted by Crippen LogP contribution is -2.40. The molecule has 212 valence electrons. The van der Waals surface area contributed by atoms with Gasteiger partial charge in [-0.25, -0.2) is 9.78 Å². The predicted molar refractivity (Wildman–Crippen MR) is 163 cm³/mol. The number of ether oxygens (including phenoxy) is 1. The number of carbonyl (C=O) groups excluding carboxylic acids is 2. The Morgan fingerprint density at radius 2 is 1.95 bits per heavy atom. The lowest BCUT2D eigenvalue weighted by atomic mass is 10.1. The molecule has 0 aliphatic heterocycles. The standard InChI is InChI=1S/C27H26BrCl2N5O4.ClH/c1-15-25(28)35-11-5-8-22(26(35)32-15)39-14-19-20(29)9-10-21(24(19)30)34(3)23(37)13-31-27(38)33-18-7-4-6-17(12-18)16(2)36;/h4-12,16,36H,13-14H2,1-3H3,(H2,31,33,38);1H. The van der Waals surface area contributed by atoms with Crippen LogP contribution in [0, 0.1) is 6.92 Å². The fourth-order valence-corrected chi connectivity index (χ4v) is 4.81. The summed E-state index contributed by atoms with van der Waals surface area (Å²) in [5.74, 6) is 0.143. The van der Waals surface area contributed by atoms with Gasteiger partial charge in [0.25, 0.3) is 0 Å². The monoisotopic (exact) mass is 669 g/mol. The lowest BCUT2D eigenvalue weighted by molar-refractivity contribution is -0.117. The molecular formula is C27H27BrCl3N5O4. The maximum Gasteiger partial charge on any atom is 0.319 e. The van der Waals surface area contributed by atoms with E-state index in [2.05, 4.69) is 31.5 Å². The second-order valence-corrected chi connectivity index (χ2v) is 10.3. The van der Waals surface area contributed by atoms with Crippen molar-refractivity contribution in [3.8, 4) is 5.75 Å². The topological polar surface area (TPSA) is 108 Å². The van der Waals surface area contributed by atoms with Gasteiger partial charge in [0.05, 0.1) is 29.1 Å². The summed E-state index contributed by atoms with van der Waals surface area (Å²) in [5.41, 5.74) is 3.52. The smallest absolute Gasteiger partial charge is 0.319 e. The number of fused-ring (bicyclic) bond motifs is 1. The highest BCUT2D eigenvalue weighted by Gasteiger charge is 2.20. The number of aliphatic hydroxyl groups excluding tert-OH is 1. The van der Waals surface area contributed by atoms with Gasteiger partial charge in [0.15, 0.2) is 11.4 Å². The molecule has 4 rings (SSSR count). The first-order valence-electron chi connectivity index (χ1n) is 11.9. The normalized spacial score (nSPS) is 11.5. The first-order valence-corrected chi connectivity index (χ1v) is 13.4. The SMILES string of the molecule is Cc1nc2c(OCc3c(Cl)ccc(N(C)C(=O)CNC(=O)Nc4cccc(C(C)O)c4)c3Cl)cccn2c1Br.Cl. The Kier molecular flexibility index (Phi) is 10.7. The Bertz CT molecular complexity index is 1550. The zero-order valence-corrected chi connectivity index (χ0v) is 25.7. The molecule has 2 aromatic carbocycles. The maximum absolute atomic E-state index is 12.9. The number of benzene rings is 2. The van der Waals surface area contributed by atoms with E-state index in [-0.39, 0.29) is 30.6 Å². The van der Waals surface area contributed by atoms with Crippen molar-refractivity contribution in [1.82, 2.24) is 14.7 Å². The van der Waals surface area contributed by atoms with E-state index in [1.54, 1.807) is 56.4 Å². The molecule has 4 aromatic rings. The van der Waals surface area contributed by atoms with E-state index < -0.39 is 18.0 Å². The number of rotatable bonds is 8. The molecule has 40 heavy (non-hydrogen) atoms. The third-order valence-electron chi connectivity index (χ3n) is 6.02. The van der Waals surface area contributed by atoms with E-state index in [4.69, 9.17) is 27.9 Å². The van der Waals surface area contributed by atoms with Crippen molar-refractivity contribution in [1.29, 1.82) is 0 Å². The van der Waals surface area contributed by atoms with Gasteiger partial charge in [-0.2, -0.15) is 0 Å². The number of pyridine rings is 1. The first kappa shape index (κ1) is 31.5. The number of nitrogens with one attached hydrogen (secondary N) is 2. The molecule has 0 radical (unpaired) electrons. The van der Waals surface area contributed by atoms with Crippen LogP contribution in [-0.4, -0.2) is 40.0 Å². The van der Waals surface area contributed by atoms with Gasteiger partial charge >= 0.3 is 6.03 Å². The number of nitrogens with zero attached hydrogens (tertiary/aromatic N) is 3. The molecule has 13 heteroatoms. The third-order valence-corrected chi connectivity index (χ3v) is 7.75. The summed E-state index contributed by atoms with van der Waals surface area (Å²) in [4.78, 5) is 31.1. The van der Waals surface area contributed by atoms with Crippen LogP contribution in [0.3, 0.4) is 0 Å². The number of anilines is 2. The second kappa shape index (κ2) is 13.6. The fraction of sp³-hybridized carbons (Fsp3) is 0.222. The Hall–Kier alpha value is -3.02. The minimum Gasteiger partial charge on any atom is -0.485 e. The molecule has 3 amide bonds. The number of amides is 3. The van der Waals surface area contributed by atoms with Crippen LogP contribution in [0.1, 0.15) is 29.8 Å². The summed E-state index contributed by atoms with van der Waals surface area (Å²) in [5, 5.41) is 15.5. The fourth-order valence-electron chi connectivity index (χ4n) is 3.83. The second-order valence-electron chi connectivity index (χ2n) is 8.76. The van der Waals surface area contributed by atoms with Gasteiger partial charge in [-0.15, -0.1) is 12.4 Å². The number of urea groups is 1. The minimum atomic E-state index is -0.671. The number of imidazole rings is 1. The predicted octanol–water partition coefficient (Wildman–Crippen LogP) is 6.55. The van der Waals surface area contributed by atoms with Gasteiger partial charge in [-0.1, -0.05) is 35.3 Å². The van der Waals surface area contributed by atoms with Crippen LogP contribution in [0.15, 0.2) is 59.3 Å². The minimum absolute atomic E-state index is 0. The van der Waals surface area contributed by atoms with Crippen LogP contribution in [0.4, 0.5) is 16.2 Å². The van der Waals surface area contributed by atoms with E-state index in [1.165, 1.54) is 4.90 Å². The number of carbonyl (C=O) groups is 2. The number of aromatic nitrogens is 2. The van der Waals surface area contributed by atoms with Crippen molar-refractivity contribution < 1.29 is 19.4 Å². The van der Waals surface area contributed by atoms with Crippen LogP contribution in [0.5, 0.6) is 5.75 Å². The van der Waals surface area contributed by atoms with E-state index >= 15 is 0 Å². The molecule has 0 aliphatic carbocycles. The summed E-state index contributed by atoms with van der Waals surface area (Å²) in [6.45, 7) is 3.29. The van der Waals surface area contributed by atoms with Crippen LogP contribution in [-0.2, 0) is 11.4 Å². The summed E-state index contributed by atoms with van der Waals surface area (Å²) < 4.78 is 8.73. The summed E-state index contributed by atoms with van der Waals surface area (Å²) in [6, 6.07) is 13.1. The molecular weight excluding hydrogens is 645 g/mol. The van der Waals surface area contributed by atoms with E-state index in [0.29, 0.717) is 38.9 Å². The van der Waals surface area contributed by atoms with Crippen LogP contribution in [0.2, 0.25) is 10.0 Å². The molecule has 3 N–H and O–H groups in total. The van der Waals surface area contributed by atoms with Crippen molar-refractivity contribution in [3.63, 3.8) is 0 Å². The maximum atomic E-state index is 12.9. The Morgan fingerprint density at radius 3 is 2.67 bits per heavy atom. The number of halogens is 4. The number of aryl methyl sites for hydroxylation is 1. The molecule has 1 unspecified atom stereocenters. The average molecular weight is 672 g/mol. The number of aliphatic hydroxyl groups is 1. The number of likely N-dealkylation sites (N-methyl/N-ethyl adjacent to an activating group) is 1. The Morgan fingerprint density at radius 1 is 1.20 bits per heavy atom. The third kappa shape index (κ3) is 7.00. The van der Waals surface area contributed by atoms with Crippen molar-refractivity contribution >= 4 is 80.5 Å². The molecule has 0 fully saturated rings. The quantitative estimate of drug-likeness (QED) is 0.197. The van der Waals surface area contributed by atoms with Gasteiger partial charge < -0.3 is 25.4 Å². The highest BCUT2D eigenvalue weighted by molar-refractivity contribution is 9.10. The lowest BCUT2D eigenvalue weighted by Gasteiger charge is -2.21. The molecule has 0 saturated heterocycles. The summed E-state index contributed by atoms with van der Waals surface area (Å²) in [6.07, 6.45) is 1.20. The van der Waals surface area contributed by atoms with Gasteiger partial charge in [-0.3, -0.25) is 9.20 Å². The van der Waals surface area contributed by atoms with Crippen molar-refractivity contribution in [2.75, 3.05) is 23.8 Å². The highest BCUT2D eigenvalue weighted by atomic mass is 79.9. The molecule has 1 atom stereocenters. The van der Waals surface area contributed by atoms with Crippen LogP contribution < -0.4 is 20.3 Å². The molecule has 0 bridgehead atoms. The van der Waals surface area contributed by atoms with Gasteiger partial charge in [-0.05, 0) is 71.7 Å². The van der Waals surface area contributed by atoms with E-state index in [1.807, 2.05) is 23.6 Å². The Labute approximate surface area is 256 Å². The van der Waals surface area contributed by atoms with E-state index in [9.17, 15) is 14.7 Å². The summed E-state index contributed by atoms with van der Waals surface area (Å²) in [7, 11) is 1.55.